The number of carbonyl (C=O) groups is 1. The number of rotatable bonds is 4. The maximum absolute atomic E-state index is 11.9. The van der Waals surface area contributed by atoms with E-state index in [1.54, 1.807) is 0 Å². The lowest BCUT2D eigenvalue weighted by Gasteiger charge is -2.31. The van der Waals surface area contributed by atoms with Gasteiger partial charge in [0.15, 0.2) is 0 Å². The number of hydrogen-bond donors (Lipinski definition) is 2. The molecule has 1 aromatic rings. The highest BCUT2D eigenvalue weighted by Gasteiger charge is 2.28. The molecule has 1 aliphatic heterocycles. The quantitative estimate of drug-likeness (QED) is 0.876. The summed E-state index contributed by atoms with van der Waals surface area (Å²) in [5.41, 5.74) is 2.40. The van der Waals surface area contributed by atoms with E-state index in [9.17, 15) is 4.79 Å². The second kappa shape index (κ2) is 6.76. The van der Waals surface area contributed by atoms with E-state index < -0.39 is 0 Å². The number of amides is 1. The third-order valence-electron chi connectivity index (χ3n) is 3.52. The zero-order valence-electron chi connectivity index (χ0n) is 10.9. The number of benzene rings is 1. The van der Waals surface area contributed by atoms with Crippen molar-refractivity contribution in [1.82, 2.24) is 10.6 Å². The van der Waals surface area contributed by atoms with Crippen molar-refractivity contribution >= 4 is 18.3 Å². The van der Waals surface area contributed by atoms with Crippen LogP contribution in [0.5, 0.6) is 0 Å². The highest BCUT2D eigenvalue weighted by molar-refractivity contribution is 5.85. The van der Waals surface area contributed by atoms with E-state index in [2.05, 4.69) is 41.8 Å². The molecular formula is C14H21ClN2O. The Kier molecular flexibility index (Phi) is 5.63. The molecule has 1 aromatic carbocycles. The number of hydrogen-bond acceptors (Lipinski definition) is 2. The van der Waals surface area contributed by atoms with E-state index in [1.807, 2.05) is 6.92 Å². The third-order valence-corrected chi connectivity index (χ3v) is 3.52. The Morgan fingerprint density at radius 2 is 2.00 bits per heavy atom. The molecule has 1 saturated heterocycles. The van der Waals surface area contributed by atoms with Crippen LogP contribution >= 0.6 is 12.4 Å². The highest BCUT2D eigenvalue weighted by atomic mass is 35.5. The Morgan fingerprint density at radius 3 is 2.50 bits per heavy atom. The molecule has 1 atom stereocenters. The summed E-state index contributed by atoms with van der Waals surface area (Å²) in [6, 6.07) is 8.26. The predicted octanol–water partition coefficient (Wildman–Crippen LogP) is 1.89. The van der Waals surface area contributed by atoms with E-state index in [-0.39, 0.29) is 24.2 Å². The van der Waals surface area contributed by atoms with Crippen molar-refractivity contribution in [2.45, 2.75) is 20.4 Å². The largest absolute Gasteiger partial charge is 0.352 e. The molecule has 1 unspecified atom stereocenters. The van der Waals surface area contributed by atoms with E-state index in [4.69, 9.17) is 0 Å². The van der Waals surface area contributed by atoms with Crippen LogP contribution in [0.3, 0.4) is 0 Å². The molecule has 0 aromatic heterocycles. The number of halogens is 1. The summed E-state index contributed by atoms with van der Waals surface area (Å²) in [4.78, 5) is 11.9. The van der Waals surface area contributed by atoms with Gasteiger partial charge in [-0.1, -0.05) is 36.8 Å². The maximum atomic E-state index is 11.9. The first-order valence-corrected chi connectivity index (χ1v) is 6.21. The molecule has 1 aliphatic rings. The van der Waals surface area contributed by atoms with E-state index in [0.717, 1.165) is 18.7 Å². The zero-order chi connectivity index (χ0) is 12.3. The lowest BCUT2D eigenvalue weighted by atomic mass is 9.88. The monoisotopic (exact) mass is 268 g/mol. The van der Waals surface area contributed by atoms with Gasteiger partial charge in [-0.25, -0.2) is 0 Å². The summed E-state index contributed by atoms with van der Waals surface area (Å²) < 4.78 is 0. The fourth-order valence-electron chi connectivity index (χ4n) is 1.93. The molecule has 4 heteroatoms. The maximum Gasteiger partial charge on any atom is 0.223 e. The summed E-state index contributed by atoms with van der Waals surface area (Å²) >= 11 is 0. The Labute approximate surface area is 115 Å². The minimum atomic E-state index is 0. The van der Waals surface area contributed by atoms with Crippen LogP contribution in [-0.4, -0.2) is 19.0 Å². The van der Waals surface area contributed by atoms with Crippen LogP contribution in [0.15, 0.2) is 24.3 Å². The molecule has 1 amide bonds. The van der Waals surface area contributed by atoms with Crippen LogP contribution in [0, 0.1) is 18.8 Å². The molecule has 1 heterocycles. The zero-order valence-corrected chi connectivity index (χ0v) is 11.7. The molecular weight excluding hydrogens is 248 g/mol. The molecule has 3 nitrogen and oxygen atoms in total. The third kappa shape index (κ3) is 3.72. The average Bonchev–Trinajstić information content (AvgIpc) is 2.25. The van der Waals surface area contributed by atoms with Gasteiger partial charge in [0.2, 0.25) is 5.91 Å². The van der Waals surface area contributed by atoms with Gasteiger partial charge in [0.05, 0.1) is 0 Å². The molecule has 100 valence electrons. The van der Waals surface area contributed by atoms with Gasteiger partial charge in [-0.3, -0.25) is 4.79 Å². The van der Waals surface area contributed by atoms with Crippen molar-refractivity contribution in [1.29, 1.82) is 0 Å². The SMILES string of the molecule is Cc1ccc(CNC(=O)C(C)C2CNC2)cc1.Cl. The van der Waals surface area contributed by atoms with Gasteiger partial charge < -0.3 is 10.6 Å². The number of carbonyl (C=O) groups excluding carboxylic acids is 1. The fraction of sp³-hybridized carbons (Fsp3) is 0.500. The van der Waals surface area contributed by atoms with Crippen LogP contribution in [-0.2, 0) is 11.3 Å². The van der Waals surface area contributed by atoms with Gasteiger partial charge in [0.25, 0.3) is 0 Å². The van der Waals surface area contributed by atoms with Crippen LogP contribution < -0.4 is 10.6 Å². The van der Waals surface area contributed by atoms with Gasteiger partial charge in [-0.2, -0.15) is 0 Å². The fourth-order valence-corrected chi connectivity index (χ4v) is 1.93. The Balaban J connectivity index is 0.00000162. The summed E-state index contributed by atoms with van der Waals surface area (Å²) in [5, 5.41) is 6.20. The van der Waals surface area contributed by atoms with Crippen molar-refractivity contribution < 1.29 is 4.79 Å². The first-order chi connectivity index (χ1) is 8.16. The van der Waals surface area contributed by atoms with Gasteiger partial charge >= 0.3 is 0 Å². The van der Waals surface area contributed by atoms with Gasteiger partial charge in [0, 0.05) is 12.5 Å². The number of nitrogens with one attached hydrogen (secondary N) is 2. The van der Waals surface area contributed by atoms with Crippen LogP contribution in [0.2, 0.25) is 0 Å². The summed E-state index contributed by atoms with van der Waals surface area (Å²) in [5.74, 6) is 0.784. The summed E-state index contributed by atoms with van der Waals surface area (Å²) in [6.45, 7) is 6.64. The summed E-state index contributed by atoms with van der Waals surface area (Å²) in [6.07, 6.45) is 0. The first-order valence-electron chi connectivity index (χ1n) is 6.21. The smallest absolute Gasteiger partial charge is 0.223 e. The Hall–Kier alpha value is -1.06. The van der Waals surface area contributed by atoms with Crippen molar-refractivity contribution in [2.24, 2.45) is 11.8 Å². The molecule has 0 aliphatic carbocycles. The highest BCUT2D eigenvalue weighted by Crippen LogP contribution is 2.15. The Morgan fingerprint density at radius 1 is 1.39 bits per heavy atom. The molecule has 0 bridgehead atoms. The lowest BCUT2D eigenvalue weighted by Crippen LogP contribution is -2.49. The molecule has 18 heavy (non-hydrogen) atoms. The van der Waals surface area contributed by atoms with Crippen LogP contribution in [0.25, 0.3) is 0 Å². The van der Waals surface area contributed by atoms with E-state index >= 15 is 0 Å². The normalized spacial score (nSPS) is 16.3. The molecule has 0 saturated carbocycles. The number of aryl methyl sites for hydroxylation is 1. The standard InChI is InChI=1S/C14H20N2O.ClH/c1-10-3-5-12(6-4-10)7-16-14(17)11(2)13-8-15-9-13;/h3-6,11,13,15H,7-9H2,1-2H3,(H,16,17);1H. The Bertz CT molecular complexity index is 387. The molecule has 2 N–H and O–H groups in total. The second-order valence-electron chi connectivity index (χ2n) is 4.91. The average molecular weight is 269 g/mol. The molecule has 0 radical (unpaired) electrons. The second-order valence-corrected chi connectivity index (χ2v) is 4.91. The van der Waals surface area contributed by atoms with E-state index in [0.29, 0.717) is 12.5 Å². The lowest BCUT2D eigenvalue weighted by molar-refractivity contribution is -0.126. The van der Waals surface area contributed by atoms with Crippen molar-refractivity contribution in [3.8, 4) is 0 Å². The molecule has 2 rings (SSSR count). The van der Waals surface area contributed by atoms with Crippen LogP contribution in [0.4, 0.5) is 0 Å². The first kappa shape index (κ1) is 15.0. The van der Waals surface area contributed by atoms with Crippen molar-refractivity contribution in [3.05, 3.63) is 35.4 Å². The minimum absolute atomic E-state index is 0. The summed E-state index contributed by atoms with van der Waals surface area (Å²) in [7, 11) is 0. The molecule has 1 fully saturated rings. The van der Waals surface area contributed by atoms with Gasteiger partial charge in [-0.15, -0.1) is 12.4 Å². The molecule has 0 spiro atoms. The van der Waals surface area contributed by atoms with Crippen molar-refractivity contribution in [2.75, 3.05) is 13.1 Å². The topological polar surface area (TPSA) is 41.1 Å². The van der Waals surface area contributed by atoms with Crippen molar-refractivity contribution in [3.63, 3.8) is 0 Å². The van der Waals surface area contributed by atoms with Crippen LogP contribution in [0.1, 0.15) is 18.1 Å². The van der Waals surface area contributed by atoms with E-state index in [1.165, 1.54) is 5.56 Å². The minimum Gasteiger partial charge on any atom is -0.352 e. The van der Waals surface area contributed by atoms with Gasteiger partial charge in [-0.05, 0) is 31.5 Å². The van der Waals surface area contributed by atoms with Gasteiger partial charge in [0.1, 0.15) is 0 Å². The predicted molar refractivity (Wildman–Crippen MR) is 75.8 cm³/mol.